The predicted octanol–water partition coefficient (Wildman–Crippen LogP) is 6.78. The van der Waals surface area contributed by atoms with Crippen LogP contribution < -0.4 is 10.1 Å². The Labute approximate surface area is 212 Å². The fourth-order valence-electron chi connectivity index (χ4n) is 4.01. The molecule has 0 spiro atoms. The van der Waals surface area contributed by atoms with Gasteiger partial charge in [0.1, 0.15) is 11.6 Å². The molecule has 0 aliphatic heterocycles. The molecule has 4 rings (SSSR count). The van der Waals surface area contributed by atoms with E-state index in [1.807, 2.05) is 30.3 Å². The Morgan fingerprint density at radius 1 is 1.00 bits per heavy atom. The van der Waals surface area contributed by atoms with E-state index in [0.717, 1.165) is 42.0 Å². The Balaban J connectivity index is 1.34. The Kier molecular flexibility index (Phi) is 7.76. The summed E-state index contributed by atoms with van der Waals surface area (Å²) >= 11 is 6.02. The normalized spacial score (nSPS) is 11.5. The van der Waals surface area contributed by atoms with E-state index in [2.05, 4.69) is 48.9 Å². The van der Waals surface area contributed by atoms with Gasteiger partial charge in [-0.15, -0.1) is 0 Å². The van der Waals surface area contributed by atoms with Gasteiger partial charge in [0, 0.05) is 17.1 Å². The van der Waals surface area contributed by atoms with Crippen LogP contribution in [0.2, 0.25) is 5.02 Å². The molecule has 0 fully saturated rings. The second kappa shape index (κ2) is 11.0. The van der Waals surface area contributed by atoms with Crippen molar-refractivity contribution in [1.29, 1.82) is 0 Å². The number of rotatable bonds is 9. The number of carbonyl (C=O) groups excluding carboxylic acids is 1. The summed E-state index contributed by atoms with van der Waals surface area (Å²) in [6.45, 7) is 8.42. The average Bonchev–Trinajstić information content (AvgIpc) is 3.19. The standard InChI is InChI=1S/C29H32ClN3O2/c1-29(2,3)22-13-15-24(16-14-22)35-18-7-6-17-33-26-12-5-4-11-25(26)32-27(33)20-31-28(34)21-9-8-10-23(30)19-21/h4-5,8-16,19H,6-7,17-18,20H2,1-3H3,(H,31,34). The van der Waals surface area contributed by atoms with Gasteiger partial charge in [0.25, 0.3) is 5.91 Å². The third-order valence-electron chi connectivity index (χ3n) is 5.99. The molecule has 1 amide bonds. The number of imidazole rings is 1. The summed E-state index contributed by atoms with van der Waals surface area (Å²) < 4.78 is 8.14. The van der Waals surface area contributed by atoms with Crippen molar-refractivity contribution < 1.29 is 9.53 Å². The number of hydrogen-bond acceptors (Lipinski definition) is 3. The molecular weight excluding hydrogens is 458 g/mol. The summed E-state index contributed by atoms with van der Waals surface area (Å²) in [6.07, 6.45) is 1.86. The number of unbranched alkanes of at least 4 members (excludes halogenated alkanes) is 1. The van der Waals surface area contributed by atoms with Crippen LogP contribution in [0.3, 0.4) is 0 Å². The second-order valence-electron chi connectivity index (χ2n) is 9.69. The van der Waals surface area contributed by atoms with Crippen LogP contribution in [0.25, 0.3) is 11.0 Å². The fourth-order valence-corrected chi connectivity index (χ4v) is 4.20. The number of hydrogen-bond donors (Lipinski definition) is 1. The molecule has 0 atom stereocenters. The van der Waals surface area contributed by atoms with Crippen molar-refractivity contribution in [2.75, 3.05) is 6.61 Å². The highest BCUT2D eigenvalue weighted by molar-refractivity contribution is 6.30. The van der Waals surface area contributed by atoms with Gasteiger partial charge in [-0.2, -0.15) is 0 Å². The molecule has 4 aromatic rings. The Morgan fingerprint density at radius 3 is 2.51 bits per heavy atom. The predicted molar refractivity (Wildman–Crippen MR) is 142 cm³/mol. The number of aryl methyl sites for hydroxylation is 1. The van der Waals surface area contributed by atoms with Crippen LogP contribution >= 0.6 is 11.6 Å². The van der Waals surface area contributed by atoms with E-state index in [0.29, 0.717) is 23.7 Å². The molecule has 182 valence electrons. The molecule has 0 saturated carbocycles. The van der Waals surface area contributed by atoms with Crippen LogP contribution in [-0.4, -0.2) is 22.1 Å². The van der Waals surface area contributed by atoms with Crippen LogP contribution in [0, 0.1) is 0 Å². The van der Waals surface area contributed by atoms with Crippen molar-refractivity contribution >= 4 is 28.5 Å². The van der Waals surface area contributed by atoms with Crippen LogP contribution in [-0.2, 0) is 18.5 Å². The van der Waals surface area contributed by atoms with E-state index >= 15 is 0 Å². The minimum absolute atomic E-state index is 0.136. The van der Waals surface area contributed by atoms with Crippen molar-refractivity contribution in [3.05, 3.63) is 94.8 Å². The minimum atomic E-state index is -0.169. The molecule has 0 radical (unpaired) electrons. The number of para-hydroxylation sites is 2. The quantitative estimate of drug-likeness (QED) is 0.264. The number of nitrogens with zero attached hydrogens (tertiary/aromatic N) is 2. The van der Waals surface area contributed by atoms with Crippen molar-refractivity contribution in [2.45, 2.75) is 52.1 Å². The van der Waals surface area contributed by atoms with Gasteiger partial charge >= 0.3 is 0 Å². The molecule has 1 N–H and O–H groups in total. The van der Waals surface area contributed by atoms with Crippen molar-refractivity contribution in [2.24, 2.45) is 0 Å². The maximum Gasteiger partial charge on any atom is 0.251 e. The molecule has 3 aromatic carbocycles. The maximum absolute atomic E-state index is 12.6. The maximum atomic E-state index is 12.6. The van der Waals surface area contributed by atoms with Gasteiger partial charge in [-0.05, 0) is 66.3 Å². The lowest BCUT2D eigenvalue weighted by Crippen LogP contribution is -2.24. The number of nitrogens with one attached hydrogen (secondary N) is 1. The van der Waals surface area contributed by atoms with Gasteiger partial charge in [0.2, 0.25) is 0 Å². The highest BCUT2D eigenvalue weighted by Gasteiger charge is 2.14. The van der Waals surface area contributed by atoms with Crippen LogP contribution in [0.5, 0.6) is 5.75 Å². The zero-order valence-electron chi connectivity index (χ0n) is 20.6. The minimum Gasteiger partial charge on any atom is -0.494 e. The lowest BCUT2D eigenvalue weighted by Gasteiger charge is -2.19. The average molecular weight is 490 g/mol. The van der Waals surface area contributed by atoms with Gasteiger partial charge in [-0.1, -0.05) is 62.7 Å². The highest BCUT2D eigenvalue weighted by Crippen LogP contribution is 2.24. The third-order valence-corrected chi connectivity index (χ3v) is 6.23. The smallest absolute Gasteiger partial charge is 0.251 e. The van der Waals surface area contributed by atoms with Gasteiger partial charge in [-0.3, -0.25) is 4.79 Å². The summed E-state index contributed by atoms with van der Waals surface area (Å²) in [4.78, 5) is 17.3. The summed E-state index contributed by atoms with van der Waals surface area (Å²) in [7, 11) is 0. The van der Waals surface area contributed by atoms with E-state index in [9.17, 15) is 4.79 Å². The van der Waals surface area contributed by atoms with E-state index in [-0.39, 0.29) is 11.3 Å². The number of ether oxygens (including phenoxy) is 1. The number of fused-ring (bicyclic) bond motifs is 1. The molecule has 0 aliphatic carbocycles. The first kappa shape index (κ1) is 24.8. The zero-order chi connectivity index (χ0) is 24.8. The number of benzene rings is 3. The number of halogens is 1. The van der Waals surface area contributed by atoms with Crippen molar-refractivity contribution in [3.63, 3.8) is 0 Å². The first-order valence-electron chi connectivity index (χ1n) is 12.0. The lowest BCUT2D eigenvalue weighted by atomic mass is 9.87. The number of carbonyl (C=O) groups is 1. The molecule has 0 aliphatic rings. The molecule has 6 heteroatoms. The Morgan fingerprint density at radius 2 is 1.77 bits per heavy atom. The van der Waals surface area contributed by atoms with Crippen molar-refractivity contribution in [3.8, 4) is 5.75 Å². The first-order valence-corrected chi connectivity index (χ1v) is 12.4. The molecular formula is C29H32ClN3O2. The van der Waals surface area contributed by atoms with Crippen LogP contribution in [0.4, 0.5) is 0 Å². The summed E-state index contributed by atoms with van der Waals surface area (Å²) in [5, 5.41) is 3.52. The third kappa shape index (κ3) is 6.43. The van der Waals surface area contributed by atoms with Gasteiger partial charge in [0.05, 0.1) is 24.2 Å². The molecule has 1 aromatic heterocycles. The molecule has 35 heavy (non-hydrogen) atoms. The Hall–Kier alpha value is -3.31. The summed E-state index contributed by atoms with van der Waals surface area (Å²) in [5.74, 6) is 1.56. The van der Waals surface area contributed by atoms with Gasteiger partial charge < -0.3 is 14.6 Å². The van der Waals surface area contributed by atoms with Gasteiger partial charge in [0.15, 0.2) is 0 Å². The molecule has 1 heterocycles. The summed E-state index contributed by atoms with van der Waals surface area (Å²) in [5.41, 5.74) is 3.96. The second-order valence-corrected chi connectivity index (χ2v) is 10.1. The monoisotopic (exact) mass is 489 g/mol. The molecule has 0 unspecified atom stereocenters. The molecule has 0 bridgehead atoms. The highest BCUT2D eigenvalue weighted by atomic mass is 35.5. The summed E-state index contributed by atoms with van der Waals surface area (Å²) in [6, 6.07) is 23.4. The molecule has 0 saturated heterocycles. The van der Waals surface area contributed by atoms with E-state index in [1.54, 1.807) is 24.3 Å². The van der Waals surface area contributed by atoms with Crippen molar-refractivity contribution in [1.82, 2.24) is 14.9 Å². The van der Waals surface area contributed by atoms with Crippen LogP contribution in [0.15, 0.2) is 72.8 Å². The Bertz CT molecular complexity index is 1290. The largest absolute Gasteiger partial charge is 0.494 e. The van der Waals surface area contributed by atoms with Crippen LogP contribution in [0.1, 0.15) is 55.4 Å². The number of aromatic nitrogens is 2. The van der Waals surface area contributed by atoms with E-state index in [1.165, 1.54) is 5.56 Å². The molecule has 5 nitrogen and oxygen atoms in total. The topological polar surface area (TPSA) is 56.1 Å². The fraction of sp³-hybridized carbons (Fsp3) is 0.310. The van der Waals surface area contributed by atoms with Gasteiger partial charge in [-0.25, -0.2) is 4.98 Å². The lowest BCUT2D eigenvalue weighted by molar-refractivity contribution is 0.0949. The number of amides is 1. The first-order chi connectivity index (χ1) is 16.8. The van der Waals surface area contributed by atoms with E-state index < -0.39 is 0 Å². The van der Waals surface area contributed by atoms with E-state index in [4.69, 9.17) is 21.3 Å². The zero-order valence-corrected chi connectivity index (χ0v) is 21.3. The SMILES string of the molecule is CC(C)(C)c1ccc(OCCCCn2c(CNC(=O)c3cccc(Cl)c3)nc3ccccc32)cc1.